The lowest BCUT2D eigenvalue weighted by molar-refractivity contribution is -0.905. The molecule has 1 aromatic rings. The first-order chi connectivity index (χ1) is 5.80. The van der Waals surface area contributed by atoms with E-state index in [1.54, 1.807) is 0 Å². The van der Waals surface area contributed by atoms with Gasteiger partial charge < -0.3 is 17.3 Å². The summed E-state index contributed by atoms with van der Waals surface area (Å²) < 4.78 is 41.1. The van der Waals surface area contributed by atoms with Gasteiger partial charge in [0.15, 0.2) is 0 Å². The van der Waals surface area contributed by atoms with Crippen LogP contribution in [0.2, 0.25) is 0 Å². The van der Waals surface area contributed by atoms with Crippen LogP contribution in [0.4, 0.5) is 17.3 Å². The maximum atomic E-state index is 9.75. The van der Waals surface area contributed by atoms with Crippen LogP contribution in [0, 0.1) is 0 Å². The zero-order valence-electron chi connectivity index (χ0n) is 7.35. The minimum atomic E-state index is -6.00. The minimum absolute atomic E-state index is 1.30. The number of hydrogen-bond acceptors (Lipinski definition) is 0. The van der Waals surface area contributed by atoms with Crippen LogP contribution in [0.3, 0.4) is 0 Å². The van der Waals surface area contributed by atoms with E-state index < -0.39 is 7.25 Å². The number of nitrogens with zero attached hydrogens (tertiary/aromatic N) is 1. The molecule has 0 aliphatic rings. The predicted molar refractivity (Wildman–Crippen MR) is 42.8 cm³/mol. The van der Waals surface area contributed by atoms with Gasteiger partial charge in [-0.25, -0.2) is 9.69 Å². The van der Waals surface area contributed by atoms with E-state index in [1.165, 1.54) is 5.01 Å². The van der Waals surface area contributed by atoms with E-state index in [9.17, 15) is 17.3 Å². The number of rotatable bonds is 1. The van der Waals surface area contributed by atoms with Crippen LogP contribution in [-0.2, 0) is 0 Å². The van der Waals surface area contributed by atoms with Crippen molar-refractivity contribution in [3.63, 3.8) is 0 Å². The van der Waals surface area contributed by atoms with Crippen molar-refractivity contribution in [1.82, 2.24) is 4.68 Å². The van der Waals surface area contributed by atoms with Gasteiger partial charge in [-0.1, -0.05) is 0 Å². The quantitative estimate of drug-likeness (QED) is 0.502. The Morgan fingerprint density at radius 2 is 1.31 bits per heavy atom. The summed E-state index contributed by atoms with van der Waals surface area (Å²) in [5.74, 6) is 0. The molecule has 76 valence electrons. The van der Waals surface area contributed by atoms with Gasteiger partial charge >= 0.3 is 7.25 Å². The van der Waals surface area contributed by atoms with Gasteiger partial charge in [0.2, 0.25) is 0 Å². The molecule has 1 rings (SSSR count). The molecule has 1 heterocycles. The molecule has 0 atom stereocenters. The fourth-order valence-electron chi connectivity index (χ4n) is 0.633. The van der Waals surface area contributed by atoms with Gasteiger partial charge in [0.05, 0.1) is 26.5 Å². The standard InChI is InChI=1S/C6H10N2.BF4/c1-7(2)8-5-3-4-6-8;2-1(3,4)5/h3-6H,1-2H3;/q;-1/p+1. The number of hydrogen-bond donors (Lipinski definition) is 1. The lowest BCUT2D eigenvalue weighted by Gasteiger charge is -2.05. The first-order valence-electron chi connectivity index (χ1n) is 3.61. The fourth-order valence-corrected chi connectivity index (χ4v) is 0.633. The summed E-state index contributed by atoms with van der Waals surface area (Å²) in [4.78, 5) is 0. The van der Waals surface area contributed by atoms with Crippen LogP contribution in [0.1, 0.15) is 0 Å². The lowest BCUT2D eigenvalue weighted by atomic mass is 10.3. The summed E-state index contributed by atoms with van der Waals surface area (Å²) in [6.07, 6.45) is 4.07. The maximum absolute atomic E-state index is 9.75. The zero-order chi connectivity index (χ0) is 10.5. The third-order valence-electron chi connectivity index (χ3n) is 1.12. The van der Waals surface area contributed by atoms with Crippen LogP contribution in [0.25, 0.3) is 0 Å². The molecule has 0 amide bonds. The van der Waals surface area contributed by atoms with Gasteiger partial charge in [-0.05, 0) is 12.1 Å². The van der Waals surface area contributed by atoms with E-state index in [-0.39, 0.29) is 0 Å². The van der Waals surface area contributed by atoms with Crippen molar-refractivity contribution in [1.29, 1.82) is 0 Å². The van der Waals surface area contributed by atoms with Crippen LogP contribution in [0.15, 0.2) is 24.5 Å². The largest absolute Gasteiger partial charge is 0.673 e. The normalized spacial score (nSPS) is 11.0. The highest BCUT2D eigenvalue weighted by Gasteiger charge is 2.20. The van der Waals surface area contributed by atoms with Crippen LogP contribution < -0.4 is 5.01 Å². The SMILES string of the molecule is C[NH+](C)n1cccc1.F[B-](F)(F)F. The van der Waals surface area contributed by atoms with E-state index in [0.717, 1.165) is 0 Å². The molecule has 0 radical (unpaired) electrons. The van der Waals surface area contributed by atoms with Gasteiger partial charge in [0, 0.05) is 0 Å². The van der Waals surface area contributed by atoms with E-state index in [4.69, 9.17) is 0 Å². The van der Waals surface area contributed by atoms with E-state index >= 15 is 0 Å². The average Bonchev–Trinajstić information content (AvgIpc) is 2.31. The number of nitrogens with one attached hydrogen (secondary N) is 1. The Bertz CT molecular complexity index is 213. The monoisotopic (exact) mass is 198 g/mol. The summed E-state index contributed by atoms with van der Waals surface area (Å²) >= 11 is 0. The van der Waals surface area contributed by atoms with Crippen molar-refractivity contribution in [2.24, 2.45) is 0 Å². The number of halogens is 4. The molecule has 0 saturated heterocycles. The average molecular weight is 198 g/mol. The molecular formula is C6H11BF4N2. The molecule has 0 spiro atoms. The third-order valence-corrected chi connectivity index (χ3v) is 1.12. The summed E-state index contributed by atoms with van der Waals surface area (Å²) in [6.45, 7) is 0. The fraction of sp³-hybridized carbons (Fsp3) is 0.333. The van der Waals surface area contributed by atoms with Gasteiger partial charge in [-0.3, -0.25) is 0 Å². The van der Waals surface area contributed by atoms with Crippen molar-refractivity contribution in [3.8, 4) is 0 Å². The van der Waals surface area contributed by atoms with E-state index in [1.807, 2.05) is 24.5 Å². The van der Waals surface area contributed by atoms with Crippen molar-refractivity contribution < 1.29 is 22.3 Å². The summed E-state index contributed by atoms with van der Waals surface area (Å²) in [6, 6.07) is 4.04. The Hall–Kier alpha value is -0.975. The second-order valence-corrected chi connectivity index (χ2v) is 2.53. The maximum Gasteiger partial charge on any atom is 0.673 e. The molecule has 1 N–H and O–H groups in total. The highest BCUT2D eigenvalue weighted by atomic mass is 19.5. The molecule has 0 fully saturated rings. The van der Waals surface area contributed by atoms with Crippen molar-refractivity contribution in [3.05, 3.63) is 24.5 Å². The Morgan fingerprint density at radius 1 is 1.00 bits per heavy atom. The summed E-state index contributed by atoms with van der Waals surface area (Å²) in [7, 11) is -1.83. The van der Waals surface area contributed by atoms with Crippen LogP contribution in [0.5, 0.6) is 0 Å². The Morgan fingerprint density at radius 3 is 1.46 bits per heavy atom. The Kier molecular flexibility index (Phi) is 4.54. The molecular weight excluding hydrogens is 187 g/mol. The smallest absolute Gasteiger partial charge is 0.418 e. The highest BCUT2D eigenvalue weighted by molar-refractivity contribution is 6.50. The molecule has 1 aromatic heterocycles. The predicted octanol–water partition coefficient (Wildman–Crippen LogP) is 0.696. The second-order valence-electron chi connectivity index (χ2n) is 2.53. The van der Waals surface area contributed by atoms with Gasteiger partial charge in [-0.2, -0.15) is 0 Å². The molecule has 0 aromatic carbocycles. The first-order valence-corrected chi connectivity index (χ1v) is 3.61. The van der Waals surface area contributed by atoms with Crippen LogP contribution >= 0.6 is 0 Å². The Labute approximate surface area is 73.8 Å². The zero-order valence-corrected chi connectivity index (χ0v) is 7.35. The number of quaternary nitrogens is 1. The molecule has 0 aliphatic carbocycles. The summed E-state index contributed by atoms with van der Waals surface area (Å²) in [5, 5.41) is 1.30. The molecule has 0 bridgehead atoms. The molecule has 0 unspecified atom stereocenters. The molecule has 2 nitrogen and oxygen atoms in total. The summed E-state index contributed by atoms with van der Waals surface area (Å²) in [5.41, 5.74) is 0. The van der Waals surface area contributed by atoms with Crippen molar-refractivity contribution in [2.45, 2.75) is 0 Å². The molecule has 13 heavy (non-hydrogen) atoms. The van der Waals surface area contributed by atoms with E-state index in [2.05, 4.69) is 18.8 Å². The van der Waals surface area contributed by atoms with Crippen molar-refractivity contribution in [2.75, 3.05) is 14.1 Å². The third kappa shape index (κ3) is 8.94. The Balaban J connectivity index is 0.000000252. The lowest BCUT2D eigenvalue weighted by Crippen LogP contribution is -3.08. The van der Waals surface area contributed by atoms with E-state index in [0.29, 0.717) is 0 Å². The van der Waals surface area contributed by atoms with Gasteiger partial charge in [0.25, 0.3) is 0 Å². The first kappa shape index (κ1) is 12.0. The molecule has 7 heteroatoms. The minimum Gasteiger partial charge on any atom is -0.418 e. The topological polar surface area (TPSA) is 9.37 Å². The highest BCUT2D eigenvalue weighted by Crippen LogP contribution is 2.06. The van der Waals surface area contributed by atoms with Crippen LogP contribution in [-0.4, -0.2) is 26.0 Å². The number of aromatic nitrogens is 1. The van der Waals surface area contributed by atoms with Crippen molar-refractivity contribution >= 4 is 7.25 Å². The molecule has 0 saturated carbocycles. The second kappa shape index (κ2) is 4.91. The molecule has 0 aliphatic heterocycles. The van der Waals surface area contributed by atoms with Gasteiger partial charge in [0.1, 0.15) is 0 Å². The van der Waals surface area contributed by atoms with Gasteiger partial charge in [-0.15, -0.1) is 0 Å².